The van der Waals surface area contributed by atoms with Crippen LogP contribution in [0.5, 0.6) is 5.75 Å². The van der Waals surface area contributed by atoms with Crippen LogP contribution >= 0.6 is 0 Å². The summed E-state index contributed by atoms with van der Waals surface area (Å²) >= 11 is 0. The van der Waals surface area contributed by atoms with Crippen LogP contribution in [0.3, 0.4) is 0 Å². The Bertz CT molecular complexity index is 701. The van der Waals surface area contributed by atoms with Crippen molar-refractivity contribution in [2.75, 3.05) is 18.4 Å². The number of amides is 1. The Balaban J connectivity index is 1.32. The Morgan fingerprint density at radius 1 is 1.17 bits per heavy atom. The quantitative estimate of drug-likeness (QED) is 0.930. The largest absolute Gasteiger partial charge is 0.480 e. The highest BCUT2D eigenvalue weighted by molar-refractivity contribution is 5.82. The van der Waals surface area contributed by atoms with Crippen LogP contribution in [0.25, 0.3) is 0 Å². The number of hydrogen-bond donors (Lipinski definition) is 1. The first-order valence-corrected chi connectivity index (χ1v) is 7.86. The molecular formula is C17H18N4O2. The topological polar surface area (TPSA) is 67.3 Å². The number of rotatable bonds is 3. The van der Waals surface area contributed by atoms with Crippen LogP contribution in [0.1, 0.15) is 12.0 Å². The van der Waals surface area contributed by atoms with Gasteiger partial charge in [-0.25, -0.2) is 9.97 Å². The highest BCUT2D eigenvalue weighted by Gasteiger charge is 2.37. The number of carbonyl (C=O) groups is 1. The Labute approximate surface area is 134 Å². The van der Waals surface area contributed by atoms with Gasteiger partial charge < -0.3 is 15.0 Å². The first kappa shape index (κ1) is 14.0. The van der Waals surface area contributed by atoms with Crippen LogP contribution in [0.2, 0.25) is 0 Å². The van der Waals surface area contributed by atoms with Gasteiger partial charge in [0.2, 0.25) is 5.95 Å². The summed E-state index contributed by atoms with van der Waals surface area (Å²) in [7, 11) is 0. The molecule has 4 rings (SSSR count). The predicted molar refractivity (Wildman–Crippen MR) is 85.2 cm³/mol. The second kappa shape index (κ2) is 5.87. The lowest BCUT2D eigenvalue weighted by atomic mass is 10.00. The summed E-state index contributed by atoms with van der Waals surface area (Å²) in [5, 5.41) is 3.22. The number of nitrogens with zero attached hydrogens (tertiary/aromatic N) is 3. The van der Waals surface area contributed by atoms with Crippen LogP contribution in [0.15, 0.2) is 42.7 Å². The summed E-state index contributed by atoms with van der Waals surface area (Å²) in [5.74, 6) is 1.52. The van der Waals surface area contributed by atoms with Crippen molar-refractivity contribution >= 4 is 11.9 Å². The second-order valence-corrected chi connectivity index (χ2v) is 5.91. The summed E-state index contributed by atoms with van der Waals surface area (Å²) in [6.45, 7) is 1.33. The number of aryl methyl sites for hydroxylation is 1. The Kier molecular flexibility index (Phi) is 3.57. The van der Waals surface area contributed by atoms with Gasteiger partial charge in [0.25, 0.3) is 5.91 Å². The van der Waals surface area contributed by atoms with E-state index < -0.39 is 0 Å². The smallest absolute Gasteiger partial charge is 0.263 e. The fourth-order valence-electron chi connectivity index (χ4n) is 3.01. The van der Waals surface area contributed by atoms with Gasteiger partial charge in [0.1, 0.15) is 5.75 Å². The fourth-order valence-corrected chi connectivity index (χ4v) is 3.01. The molecule has 1 fully saturated rings. The Hall–Kier alpha value is -2.63. The number of fused-ring (bicyclic) bond motifs is 1. The van der Waals surface area contributed by atoms with Crippen molar-refractivity contribution in [3.05, 3.63) is 48.3 Å². The average Bonchev–Trinajstić information content (AvgIpc) is 2.57. The standard InChI is InChI=1S/C17H18N4O2/c22-16(15-7-6-12-4-1-2-5-14(12)23-15)21-10-13(11-21)20-17-18-8-3-9-19-17/h1-5,8-9,13,15H,6-7,10-11H2,(H,18,19,20). The van der Waals surface area contributed by atoms with Crippen LogP contribution in [-0.4, -0.2) is 46.0 Å². The molecule has 0 saturated carbocycles. The van der Waals surface area contributed by atoms with Crippen LogP contribution in [0, 0.1) is 0 Å². The molecule has 2 aliphatic heterocycles. The molecule has 23 heavy (non-hydrogen) atoms. The van der Waals surface area contributed by atoms with Gasteiger partial charge in [-0.2, -0.15) is 0 Å². The Morgan fingerprint density at radius 2 is 1.96 bits per heavy atom. The number of anilines is 1. The molecule has 2 aromatic rings. The van der Waals surface area contributed by atoms with E-state index in [9.17, 15) is 4.79 Å². The molecule has 1 amide bonds. The SMILES string of the molecule is O=C(C1CCc2ccccc2O1)N1CC(Nc2ncccn2)C1. The average molecular weight is 310 g/mol. The molecule has 1 aromatic carbocycles. The molecule has 118 valence electrons. The summed E-state index contributed by atoms with van der Waals surface area (Å²) in [6, 6.07) is 9.91. The van der Waals surface area contributed by atoms with E-state index in [-0.39, 0.29) is 18.1 Å². The molecule has 1 atom stereocenters. The maximum atomic E-state index is 12.5. The molecule has 0 bridgehead atoms. The number of para-hydroxylation sites is 1. The molecule has 1 unspecified atom stereocenters. The lowest BCUT2D eigenvalue weighted by Gasteiger charge is -2.41. The number of nitrogens with one attached hydrogen (secondary N) is 1. The van der Waals surface area contributed by atoms with Gasteiger partial charge in [-0.3, -0.25) is 4.79 Å². The number of carbonyl (C=O) groups excluding carboxylic acids is 1. The van der Waals surface area contributed by atoms with Gasteiger partial charge >= 0.3 is 0 Å². The first-order chi connectivity index (χ1) is 11.3. The summed E-state index contributed by atoms with van der Waals surface area (Å²) in [6.07, 6.45) is 4.67. The van der Waals surface area contributed by atoms with Crippen LogP contribution in [0.4, 0.5) is 5.95 Å². The second-order valence-electron chi connectivity index (χ2n) is 5.91. The molecule has 1 saturated heterocycles. The molecule has 1 aromatic heterocycles. The van der Waals surface area contributed by atoms with Gasteiger partial charge in [0.05, 0.1) is 6.04 Å². The van der Waals surface area contributed by atoms with Crippen molar-refractivity contribution in [3.8, 4) is 5.75 Å². The van der Waals surface area contributed by atoms with E-state index >= 15 is 0 Å². The summed E-state index contributed by atoms with van der Waals surface area (Å²) < 4.78 is 5.87. The van der Waals surface area contributed by atoms with E-state index in [0.717, 1.165) is 18.6 Å². The van der Waals surface area contributed by atoms with Crippen molar-refractivity contribution in [2.45, 2.75) is 25.0 Å². The van der Waals surface area contributed by atoms with E-state index in [4.69, 9.17) is 4.74 Å². The van der Waals surface area contributed by atoms with E-state index in [2.05, 4.69) is 21.4 Å². The molecule has 0 spiro atoms. The van der Waals surface area contributed by atoms with E-state index in [1.807, 2.05) is 23.1 Å². The van der Waals surface area contributed by atoms with Crippen molar-refractivity contribution in [1.82, 2.24) is 14.9 Å². The highest BCUT2D eigenvalue weighted by atomic mass is 16.5. The molecule has 2 aliphatic rings. The summed E-state index contributed by atoms with van der Waals surface area (Å²) in [4.78, 5) is 22.6. The third-order valence-electron chi connectivity index (χ3n) is 4.29. The van der Waals surface area contributed by atoms with E-state index in [1.165, 1.54) is 5.56 Å². The maximum Gasteiger partial charge on any atom is 0.263 e. The number of aromatic nitrogens is 2. The number of benzene rings is 1. The maximum absolute atomic E-state index is 12.5. The number of likely N-dealkylation sites (tertiary alicyclic amines) is 1. The molecule has 1 N–H and O–H groups in total. The zero-order valence-corrected chi connectivity index (χ0v) is 12.7. The third-order valence-corrected chi connectivity index (χ3v) is 4.29. The molecule has 6 heteroatoms. The number of hydrogen-bond acceptors (Lipinski definition) is 5. The predicted octanol–water partition coefficient (Wildman–Crippen LogP) is 1.49. The minimum absolute atomic E-state index is 0.0755. The molecular weight excluding hydrogens is 292 g/mol. The van der Waals surface area contributed by atoms with E-state index in [1.54, 1.807) is 18.5 Å². The van der Waals surface area contributed by atoms with Gasteiger partial charge in [-0.15, -0.1) is 0 Å². The van der Waals surface area contributed by atoms with Crippen molar-refractivity contribution in [3.63, 3.8) is 0 Å². The minimum atomic E-state index is -0.362. The van der Waals surface area contributed by atoms with Gasteiger partial charge in [-0.05, 0) is 30.5 Å². The minimum Gasteiger partial charge on any atom is -0.480 e. The fraction of sp³-hybridized carbons (Fsp3) is 0.353. The Morgan fingerprint density at radius 3 is 2.78 bits per heavy atom. The molecule has 0 aliphatic carbocycles. The monoisotopic (exact) mass is 310 g/mol. The summed E-state index contributed by atoms with van der Waals surface area (Å²) in [5.41, 5.74) is 1.18. The van der Waals surface area contributed by atoms with Crippen LogP contribution in [-0.2, 0) is 11.2 Å². The zero-order valence-electron chi connectivity index (χ0n) is 12.7. The van der Waals surface area contributed by atoms with Crippen molar-refractivity contribution < 1.29 is 9.53 Å². The number of ether oxygens (including phenoxy) is 1. The van der Waals surface area contributed by atoms with Gasteiger partial charge in [-0.1, -0.05) is 18.2 Å². The van der Waals surface area contributed by atoms with Gasteiger partial charge in [0, 0.05) is 25.5 Å². The van der Waals surface area contributed by atoms with E-state index in [0.29, 0.717) is 19.0 Å². The molecule has 0 radical (unpaired) electrons. The van der Waals surface area contributed by atoms with Crippen molar-refractivity contribution in [1.29, 1.82) is 0 Å². The third kappa shape index (κ3) is 2.84. The lowest BCUT2D eigenvalue weighted by Crippen LogP contribution is -2.60. The normalized spacial score (nSPS) is 20.2. The highest BCUT2D eigenvalue weighted by Crippen LogP contribution is 2.28. The molecule has 6 nitrogen and oxygen atoms in total. The molecule has 3 heterocycles. The van der Waals surface area contributed by atoms with Gasteiger partial charge in [0.15, 0.2) is 6.10 Å². The lowest BCUT2D eigenvalue weighted by molar-refractivity contribution is -0.143. The van der Waals surface area contributed by atoms with Crippen LogP contribution < -0.4 is 10.1 Å². The first-order valence-electron chi connectivity index (χ1n) is 7.86. The zero-order chi connectivity index (χ0) is 15.6. The van der Waals surface area contributed by atoms with Crippen molar-refractivity contribution in [2.24, 2.45) is 0 Å².